The van der Waals surface area contributed by atoms with Gasteiger partial charge in [0, 0.05) is 30.5 Å². The molecule has 2 N–H and O–H groups in total. The van der Waals surface area contributed by atoms with Gasteiger partial charge in [-0.2, -0.15) is 0 Å². The van der Waals surface area contributed by atoms with Crippen molar-refractivity contribution < 1.29 is 4.79 Å². The van der Waals surface area contributed by atoms with Crippen molar-refractivity contribution in [1.29, 1.82) is 0 Å². The molecule has 0 saturated heterocycles. The van der Waals surface area contributed by atoms with Crippen molar-refractivity contribution in [2.45, 2.75) is 45.2 Å². The van der Waals surface area contributed by atoms with E-state index in [2.05, 4.69) is 15.3 Å². The van der Waals surface area contributed by atoms with Gasteiger partial charge in [0.05, 0.1) is 33.0 Å². The number of nitrogens with one attached hydrogen (secondary N) is 2. The lowest BCUT2D eigenvalue weighted by molar-refractivity contribution is 0.0919. The fraction of sp³-hybridized carbons (Fsp3) is 0.276. The minimum Gasteiger partial charge on any atom is -0.361 e. The number of rotatable bonds is 5. The third-order valence-electron chi connectivity index (χ3n) is 7.55. The van der Waals surface area contributed by atoms with Gasteiger partial charge >= 0.3 is 5.69 Å². The van der Waals surface area contributed by atoms with Gasteiger partial charge in [-0.15, -0.1) is 0 Å². The standard InChI is InChI=1S/C29H28ClN5O2/c1-18-24(14-21(30)16-32-18)28(36)33-22-9-6-19(7-10-22)17-34-26-4-2-3-5-27(26)35(29(34)37)23-11-8-20-12-13-31-25(20)15-23/h2-5,8,11-16,19,22,31H,6-7,9-10,17H2,1H3,(H,33,36). The summed E-state index contributed by atoms with van der Waals surface area (Å²) in [6.45, 7) is 2.47. The van der Waals surface area contributed by atoms with E-state index in [1.54, 1.807) is 12.3 Å². The van der Waals surface area contributed by atoms with Crippen LogP contribution in [0.25, 0.3) is 27.6 Å². The van der Waals surface area contributed by atoms with Gasteiger partial charge in [-0.1, -0.05) is 29.8 Å². The quantitative estimate of drug-likeness (QED) is 0.320. The zero-order chi connectivity index (χ0) is 25.5. The first-order valence-corrected chi connectivity index (χ1v) is 13.1. The predicted molar refractivity (Wildman–Crippen MR) is 147 cm³/mol. The highest BCUT2D eigenvalue weighted by Gasteiger charge is 2.25. The van der Waals surface area contributed by atoms with Crippen LogP contribution in [0, 0.1) is 12.8 Å². The summed E-state index contributed by atoms with van der Waals surface area (Å²) in [4.78, 5) is 33.9. The van der Waals surface area contributed by atoms with E-state index in [-0.39, 0.29) is 17.6 Å². The fourth-order valence-corrected chi connectivity index (χ4v) is 5.72. The number of benzene rings is 2. The van der Waals surface area contributed by atoms with Crippen LogP contribution < -0.4 is 11.0 Å². The number of imidazole rings is 1. The number of aromatic amines is 1. The van der Waals surface area contributed by atoms with Crippen LogP contribution in [-0.4, -0.2) is 31.1 Å². The molecule has 1 saturated carbocycles. The number of aromatic nitrogens is 4. The smallest absolute Gasteiger partial charge is 0.333 e. The van der Waals surface area contributed by atoms with Crippen molar-refractivity contribution in [1.82, 2.24) is 24.4 Å². The van der Waals surface area contributed by atoms with Gasteiger partial charge in [-0.3, -0.25) is 18.9 Å². The topological polar surface area (TPSA) is 84.7 Å². The molecule has 0 unspecified atom stereocenters. The third kappa shape index (κ3) is 4.44. The summed E-state index contributed by atoms with van der Waals surface area (Å²) in [5.41, 5.74) is 4.88. The van der Waals surface area contributed by atoms with Gasteiger partial charge in [-0.05, 0) is 80.3 Å². The molecule has 0 aliphatic heterocycles. The van der Waals surface area contributed by atoms with Gasteiger partial charge < -0.3 is 10.3 Å². The highest BCUT2D eigenvalue weighted by Crippen LogP contribution is 2.28. The molecule has 188 valence electrons. The lowest BCUT2D eigenvalue weighted by atomic mass is 9.85. The van der Waals surface area contributed by atoms with E-state index >= 15 is 0 Å². The summed E-state index contributed by atoms with van der Waals surface area (Å²) in [6, 6.07) is 17.8. The second kappa shape index (κ2) is 9.56. The zero-order valence-electron chi connectivity index (χ0n) is 20.6. The summed E-state index contributed by atoms with van der Waals surface area (Å²) >= 11 is 6.04. The van der Waals surface area contributed by atoms with Crippen LogP contribution >= 0.6 is 11.6 Å². The van der Waals surface area contributed by atoms with Crippen LogP contribution in [0.5, 0.6) is 0 Å². The van der Waals surface area contributed by atoms with E-state index in [9.17, 15) is 9.59 Å². The number of para-hydroxylation sites is 2. The van der Waals surface area contributed by atoms with Gasteiger partial charge in [0.25, 0.3) is 5.91 Å². The molecule has 0 bridgehead atoms. The Bertz CT molecular complexity index is 1670. The molecule has 0 radical (unpaired) electrons. The van der Waals surface area contributed by atoms with Crippen molar-refractivity contribution >= 4 is 39.4 Å². The second-order valence-corrected chi connectivity index (χ2v) is 10.4. The molecule has 1 aliphatic rings. The Morgan fingerprint density at radius 3 is 2.68 bits per heavy atom. The van der Waals surface area contributed by atoms with E-state index in [1.807, 2.05) is 70.8 Å². The highest BCUT2D eigenvalue weighted by molar-refractivity contribution is 6.30. The molecule has 1 aliphatic carbocycles. The SMILES string of the molecule is Cc1ncc(Cl)cc1C(=O)NC1CCC(Cn2c(=O)n(-c3ccc4cc[nH]c4c3)c3ccccc32)CC1. The number of aryl methyl sites for hydroxylation is 1. The fourth-order valence-electron chi connectivity index (χ4n) is 5.56. The van der Waals surface area contributed by atoms with Gasteiger partial charge in [0.2, 0.25) is 0 Å². The lowest BCUT2D eigenvalue weighted by Crippen LogP contribution is -2.39. The minimum atomic E-state index is -0.130. The number of carbonyl (C=O) groups is 1. The Kier molecular flexibility index (Phi) is 6.08. The van der Waals surface area contributed by atoms with Crippen molar-refractivity contribution in [2.24, 2.45) is 5.92 Å². The Morgan fingerprint density at radius 2 is 1.86 bits per heavy atom. The zero-order valence-corrected chi connectivity index (χ0v) is 21.3. The lowest BCUT2D eigenvalue weighted by Gasteiger charge is -2.29. The number of H-pyrrole nitrogens is 1. The normalized spacial score (nSPS) is 17.9. The molecule has 8 heteroatoms. The van der Waals surface area contributed by atoms with Crippen LogP contribution in [-0.2, 0) is 6.54 Å². The van der Waals surface area contributed by atoms with Crippen LogP contribution in [0.1, 0.15) is 41.7 Å². The molecule has 1 amide bonds. The maximum atomic E-state index is 13.7. The maximum absolute atomic E-state index is 13.7. The number of amides is 1. The van der Waals surface area contributed by atoms with E-state index < -0.39 is 0 Å². The molecule has 6 rings (SSSR count). The first-order chi connectivity index (χ1) is 18.0. The number of carbonyl (C=O) groups excluding carboxylic acids is 1. The monoisotopic (exact) mass is 513 g/mol. The molecule has 5 aromatic rings. The van der Waals surface area contributed by atoms with Crippen molar-refractivity contribution in [3.63, 3.8) is 0 Å². The van der Waals surface area contributed by atoms with E-state index in [1.165, 1.54) is 0 Å². The summed E-state index contributed by atoms with van der Waals surface area (Å²) in [6.07, 6.45) is 7.10. The molecule has 3 heterocycles. The first-order valence-electron chi connectivity index (χ1n) is 12.7. The average molecular weight is 514 g/mol. The highest BCUT2D eigenvalue weighted by atomic mass is 35.5. The second-order valence-electron chi connectivity index (χ2n) is 9.94. The number of halogens is 1. The van der Waals surface area contributed by atoms with E-state index in [4.69, 9.17) is 11.6 Å². The Morgan fingerprint density at radius 1 is 1.08 bits per heavy atom. The van der Waals surface area contributed by atoms with Crippen LogP contribution in [0.4, 0.5) is 0 Å². The van der Waals surface area contributed by atoms with Crippen LogP contribution in [0.15, 0.2) is 71.8 Å². The molecule has 3 aromatic heterocycles. The molecule has 1 fully saturated rings. The largest absolute Gasteiger partial charge is 0.361 e. The third-order valence-corrected chi connectivity index (χ3v) is 7.76. The van der Waals surface area contributed by atoms with Crippen molar-refractivity contribution in [3.05, 3.63) is 93.8 Å². The minimum absolute atomic E-state index is 0.0218. The van der Waals surface area contributed by atoms with Crippen molar-refractivity contribution in [3.8, 4) is 5.69 Å². The van der Waals surface area contributed by atoms with Crippen LogP contribution in [0.2, 0.25) is 5.02 Å². The van der Waals surface area contributed by atoms with E-state index in [0.717, 1.165) is 53.3 Å². The van der Waals surface area contributed by atoms with E-state index in [0.29, 0.717) is 28.7 Å². The Hall–Kier alpha value is -3.84. The van der Waals surface area contributed by atoms with Gasteiger partial charge in [0.15, 0.2) is 0 Å². The summed E-state index contributed by atoms with van der Waals surface area (Å²) in [7, 11) is 0. The first kappa shape index (κ1) is 23.6. The molecule has 7 nitrogen and oxygen atoms in total. The van der Waals surface area contributed by atoms with Crippen LogP contribution in [0.3, 0.4) is 0 Å². The number of pyridine rings is 1. The summed E-state index contributed by atoms with van der Waals surface area (Å²) in [5.74, 6) is 0.236. The average Bonchev–Trinajstić information content (AvgIpc) is 3.48. The summed E-state index contributed by atoms with van der Waals surface area (Å²) < 4.78 is 3.72. The Balaban J connectivity index is 1.20. The Labute approximate surface area is 219 Å². The molecular weight excluding hydrogens is 486 g/mol. The van der Waals surface area contributed by atoms with Gasteiger partial charge in [0.1, 0.15) is 0 Å². The molecular formula is C29H28ClN5O2. The molecule has 0 spiro atoms. The molecule has 2 aromatic carbocycles. The van der Waals surface area contributed by atoms with Gasteiger partial charge in [-0.25, -0.2) is 4.79 Å². The summed E-state index contributed by atoms with van der Waals surface area (Å²) in [5, 5.41) is 4.73. The van der Waals surface area contributed by atoms with Crippen molar-refractivity contribution in [2.75, 3.05) is 0 Å². The maximum Gasteiger partial charge on any atom is 0.333 e. The number of hydrogen-bond donors (Lipinski definition) is 2. The number of fused-ring (bicyclic) bond motifs is 2. The number of nitrogens with zero attached hydrogens (tertiary/aromatic N) is 3. The molecule has 37 heavy (non-hydrogen) atoms. The number of hydrogen-bond acceptors (Lipinski definition) is 3. The molecule has 0 atom stereocenters. The predicted octanol–water partition coefficient (Wildman–Crippen LogP) is 5.62.